The van der Waals surface area contributed by atoms with Crippen LogP contribution in [0.1, 0.15) is 54.4 Å². The summed E-state index contributed by atoms with van der Waals surface area (Å²) in [6.45, 7) is 12.6. The Kier molecular flexibility index (Phi) is 12.5. The highest BCUT2D eigenvalue weighted by atomic mass is 32.2. The van der Waals surface area contributed by atoms with Crippen LogP contribution in [0.2, 0.25) is 0 Å². The van der Waals surface area contributed by atoms with Crippen LogP contribution >= 0.6 is 11.9 Å². The van der Waals surface area contributed by atoms with Gasteiger partial charge >= 0.3 is 5.97 Å². The Morgan fingerprint density at radius 2 is 1.81 bits per heavy atom. The first-order valence-corrected chi connectivity index (χ1v) is 16.2. The Labute approximate surface area is 262 Å². The fourth-order valence-corrected chi connectivity index (χ4v) is 7.37. The summed E-state index contributed by atoms with van der Waals surface area (Å²) in [5, 5.41) is 11.3. The number of Topliss-reactive ketones (excluding diaryl/α,β-unsaturated/α-hetero) is 1. The summed E-state index contributed by atoms with van der Waals surface area (Å²) in [6, 6.07) is -0.310. The topological polar surface area (TPSA) is 110 Å². The van der Waals surface area contributed by atoms with E-state index in [0.29, 0.717) is 25.3 Å². The fraction of sp³-hybridized carbons (Fsp3) is 0.871. The van der Waals surface area contributed by atoms with Gasteiger partial charge in [-0.2, -0.15) is 0 Å². The first kappa shape index (κ1) is 36.2. The van der Waals surface area contributed by atoms with E-state index in [0.717, 1.165) is 12.1 Å². The van der Waals surface area contributed by atoms with Crippen molar-refractivity contribution in [2.45, 2.75) is 96.7 Å². The smallest absolute Gasteiger partial charge is 0.319 e. The lowest BCUT2D eigenvalue weighted by Gasteiger charge is -2.47. The van der Waals surface area contributed by atoms with Gasteiger partial charge in [-0.1, -0.05) is 13.8 Å². The minimum atomic E-state index is -1.43. The number of aliphatic hydroxyl groups is 1. The molecule has 2 saturated heterocycles. The number of methoxy groups -OCH3 is 2. The molecule has 0 aromatic heterocycles. The van der Waals surface area contributed by atoms with Crippen LogP contribution in [-0.4, -0.2) is 134 Å². The summed E-state index contributed by atoms with van der Waals surface area (Å²) in [5.74, 6) is -0.966. The van der Waals surface area contributed by atoms with Gasteiger partial charge in [0.1, 0.15) is 24.1 Å². The van der Waals surface area contributed by atoms with Crippen molar-refractivity contribution in [3.8, 4) is 0 Å². The Morgan fingerprint density at radius 3 is 2.40 bits per heavy atom. The number of cyclic esters (lactones) is 1. The maximum Gasteiger partial charge on any atom is 0.319 e. The number of rotatable bonds is 8. The van der Waals surface area contributed by atoms with Crippen molar-refractivity contribution >= 4 is 23.7 Å². The van der Waals surface area contributed by atoms with Gasteiger partial charge in [0, 0.05) is 38.9 Å². The van der Waals surface area contributed by atoms with Gasteiger partial charge in [0.15, 0.2) is 12.1 Å². The van der Waals surface area contributed by atoms with Gasteiger partial charge in [-0.15, -0.1) is 0 Å². The van der Waals surface area contributed by atoms with Crippen LogP contribution in [0.5, 0.6) is 0 Å². The number of carbonyl (C=O) groups excluding carboxylic acids is 2. The SMILES string of the molecule is COCSN1C=C([C@@H]2COC(=O)C(C)(C)C(=O)[C@H](C)[C@@H](O[C@@H]3O[C@H](C)C[C@H](N(C)C)[C@H]3O)[C@](C)(OC)C[C@@H](C)CN2C)C1. The Bertz CT molecular complexity index is 996. The molecule has 12 heteroatoms. The van der Waals surface area contributed by atoms with Gasteiger partial charge in [0.25, 0.3) is 0 Å². The van der Waals surface area contributed by atoms with Crippen LogP contribution in [-0.2, 0) is 33.3 Å². The number of nitrogens with zero attached hydrogens (tertiary/aromatic N) is 3. The van der Waals surface area contributed by atoms with Crippen LogP contribution in [0, 0.1) is 17.3 Å². The summed E-state index contributed by atoms with van der Waals surface area (Å²) in [4.78, 5) is 31.8. The first-order valence-electron chi connectivity index (χ1n) is 15.3. The summed E-state index contributed by atoms with van der Waals surface area (Å²) in [7, 11) is 9.16. The minimum absolute atomic E-state index is 0.126. The molecule has 9 atom stereocenters. The molecule has 11 nitrogen and oxygen atoms in total. The van der Waals surface area contributed by atoms with Crippen LogP contribution in [0.15, 0.2) is 11.8 Å². The van der Waals surface area contributed by atoms with Crippen molar-refractivity contribution in [3.63, 3.8) is 0 Å². The van der Waals surface area contributed by atoms with E-state index in [2.05, 4.69) is 22.3 Å². The summed E-state index contributed by atoms with van der Waals surface area (Å²) < 4.78 is 32.1. The van der Waals surface area contributed by atoms with Gasteiger partial charge in [-0.25, -0.2) is 0 Å². The number of carbonyl (C=O) groups is 2. The Hall–Kier alpha value is -1.25. The number of hydrogen-bond acceptors (Lipinski definition) is 12. The van der Waals surface area contributed by atoms with Gasteiger partial charge < -0.3 is 38.0 Å². The third-order valence-electron chi connectivity index (χ3n) is 9.29. The molecular formula is C31H55N3O8S. The molecule has 2 fully saturated rings. The van der Waals surface area contributed by atoms with Crippen LogP contribution in [0.25, 0.3) is 0 Å². The molecule has 0 unspecified atom stereocenters. The van der Waals surface area contributed by atoms with Crippen molar-refractivity contribution in [1.29, 1.82) is 0 Å². The molecule has 248 valence electrons. The number of aliphatic hydroxyl groups excluding tert-OH is 1. The molecule has 43 heavy (non-hydrogen) atoms. The normalized spacial score (nSPS) is 38.4. The molecule has 0 amide bonds. The van der Waals surface area contributed by atoms with Crippen molar-refractivity contribution in [1.82, 2.24) is 14.1 Å². The summed E-state index contributed by atoms with van der Waals surface area (Å²) in [6.07, 6.45) is 0.424. The zero-order valence-electron chi connectivity index (χ0n) is 28.0. The second-order valence-electron chi connectivity index (χ2n) is 13.6. The lowest BCUT2D eigenvalue weighted by Crippen LogP contribution is -2.59. The molecule has 0 aromatic carbocycles. The molecule has 0 radical (unpaired) electrons. The summed E-state index contributed by atoms with van der Waals surface area (Å²) in [5.41, 5.74) is -1.21. The van der Waals surface area contributed by atoms with Crippen LogP contribution in [0.3, 0.4) is 0 Å². The maximum absolute atomic E-state index is 14.1. The second kappa shape index (κ2) is 14.9. The van der Waals surface area contributed by atoms with Crippen molar-refractivity contribution < 1.29 is 38.4 Å². The van der Waals surface area contributed by atoms with Crippen LogP contribution < -0.4 is 0 Å². The fourth-order valence-electron chi connectivity index (χ4n) is 6.67. The molecule has 0 spiro atoms. The van der Waals surface area contributed by atoms with Gasteiger partial charge in [0.05, 0.1) is 30.4 Å². The monoisotopic (exact) mass is 629 g/mol. The third kappa shape index (κ3) is 8.32. The molecule has 0 aromatic rings. The lowest BCUT2D eigenvalue weighted by molar-refractivity contribution is -0.295. The molecule has 0 saturated carbocycles. The number of esters is 1. The van der Waals surface area contributed by atoms with E-state index in [1.807, 2.05) is 39.9 Å². The molecule has 1 N–H and O–H groups in total. The van der Waals surface area contributed by atoms with Gasteiger partial charge in [-0.05, 0) is 85.1 Å². The highest BCUT2D eigenvalue weighted by Crippen LogP contribution is 2.39. The molecule has 3 heterocycles. The molecule has 3 rings (SSSR count). The highest BCUT2D eigenvalue weighted by molar-refractivity contribution is 7.97. The molecule has 3 aliphatic heterocycles. The van der Waals surface area contributed by atoms with Gasteiger partial charge in [-0.3, -0.25) is 14.5 Å². The van der Waals surface area contributed by atoms with Crippen molar-refractivity contribution in [3.05, 3.63) is 11.8 Å². The predicted octanol–water partition coefficient (Wildman–Crippen LogP) is 2.77. The number of hydrogen-bond donors (Lipinski definition) is 1. The van der Waals surface area contributed by atoms with E-state index >= 15 is 0 Å². The number of likely N-dealkylation sites (N-methyl/N-ethyl adjacent to an activating group) is 2. The predicted molar refractivity (Wildman–Crippen MR) is 166 cm³/mol. The Morgan fingerprint density at radius 1 is 1.16 bits per heavy atom. The third-order valence-corrected chi connectivity index (χ3v) is 10.2. The average Bonchev–Trinajstić information content (AvgIpc) is 2.91. The average molecular weight is 630 g/mol. The quantitative estimate of drug-likeness (QED) is 0.185. The Balaban J connectivity index is 1.96. The zero-order chi connectivity index (χ0) is 32.3. The van der Waals surface area contributed by atoms with E-state index in [4.69, 9.17) is 23.7 Å². The molecule has 0 aliphatic carbocycles. The largest absolute Gasteiger partial charge is 0.463 e. The molecule has 0 bridgehead atoms. The maximum atomic E-state index is 14.1. The zero-order valence-corrected chi connectivity index (χ0v) is 28.8. The van der Waals surface area contributed by atoms with E-state index in [9.17, 15) is 14.7 Å². The number of ether oxygens (including phenoxy) is 5. The van der Waals surface area contributed by atoms with E-state index in [1.54, 1.807) is 46.9 Å². The standard InChI is InChI=1S/C31H55N3O8S/c1-19-13-31(6,39-11)27(42-28-25(35)23(32(7)8)12-20(2)41-28)21(3)26(36)30(4,5)29(37)40-17-24(33(9)14-19)22-15-34(16-22)43-18-38-10/h15,19-21,23-25,27-28,35H,12-14,16-18H2,1-11H3/t19-,20-,21+,23+,24+,25-,27-,28+,31-/m1/s1. The van der Waals surface area contributed by atoms with Crippen LogP contribution in [0.4, 0.5) is 0 Å². The van der Waals surface area contributed by atoms with Crippen molar-refractivity contribution in [2.24, 2.45) is 17.3 Å². The molecular weight excluding hydrogens is 574 g/mol. The number of ketones is 1. The minimum Gasteiger partial charge on any atom is -0.463 e. The van der Waals surface area contributed by atoms with Gasteiger partial charge in [0.2, 0.25) is 0 Å². The van der Waals surface area contributed by atoms with E-state index in [1.165, 1.54) is 0 Å². The van der Waals surface area contributed by atoms with Crippen molar-refractivity contribution in [2.75, 3.05) is 61.0 Å². The lowest BCUT2D eigenvalue weighted by atomic mass is 9.74. The van der Waals surface area contributed by atoms with E-state index < -0.39 is 41.4 Å². The second-order valence-corrected chi connectivity index (χ2v) is 14.6. The highest BCUT2D eigenvalue weighted by Gasteiger charge is 2.51. The summed E-state index contributed by atoms with van der Waals surface area (Å²) >= 11 is 1.58. The first-order chi connectivity index (χ1) is 20.0. The van der Waals surface area contributed by atoms with E-state index in [-0.39, 0.29) is 36.5 Å². The molecule has 3 aliphatic rings.